The summed E-state index contributed by atoms with van der Waals surface area (Å²) in [6.07, 6.45) is 0.0424. The maximum atomic E-state index is 9.41. The van der Waals surface area contributed by atoms with Crippen LogP contribution in [0.25, 0.3) is 0 Å². The Kier molecular flexibility index (Phi) is 3.48. The second-order valence-corrected chi connectivity index (χ2v) is 3.01. The third-order valence-electron chi connectivity index (χ3n) is 2.16. The van der Waals surface area contributed by atoms with E-state index in [9.17, 15) is 5.11 Å². The zero-order valence-electron chi connectivity index (χ0n) is 7.23. The van der Waals surface area contributed by atoms with Gasteiger partial charge in [0.1, 0.15) is 0 Å². The lowest BCUT2D eigenvalue weighted by molar-refractivity contribution is 0.0215. The number of methoxy groups -OCH3 is 1. The summed E-state index contributed by atoms with van der Waals surface area (Å²) >= 11 is 0. The molecule has 2 atom stereocenters. The number of rotatable bonds is 3. The fourth-order valence-electron chi connectivity index (χ4n) is 1.46. The van der Waals surface area contributed by atoms with Crippen LogP contribution in [-0.2, 0) is 4.74 Å². The number of likely N-dealkylation sites (tertiary alicyclic amines) is 1. The first kappa shape index (κ1) is 9.46. The third kappa shape index (κ3) is 2.18. The SMILES string of the molecule is CO[C@@H]1CN(CCC#N)C[C@H]1O. The first-order valence-electron chi connectivity index (χ1n) is 4.08. The molecular weight excluding hydrogens is 156 g/mol. The van der Waals surface area contributed by atoms with E-state index in [1.54, 1.807) is 7.11 Å². The highest BCUT2D eigenvalue weighted by Crippen LogP contribution is 2.12. The Morgan fingerprint density at radius 2 is 2.42 bits per heavy atom. The van der Waals surface area contributed by atoms with Crippen LogP contribution in [0.4, 0.5) is 0 Å². The summed E-state index contributed by atoms with van der Waals surface area (Å²) in [5.41, 5.74) is 0. The van der Waals surface area contributed by atoms with Crippen LogP contribution in [-0.4, -0.2) is 49.0 Å². The first-order valence-corrected chi connectivity index (χ1v) is 4.08. The van der Waals surface area contributed by atoms with Crippen LogP contribution in [0.2, 0.25) is 0 Å². The molecule has 0 unspecified atom stereocenters. The molecule has 0 amide bonds. The Morgan fingerprint density at radius 3 is 2.92 bits per heavy atom. The number of hydrogen-bond acceptors (Lipinski definition) is 4. The number of β-amino-alcohol motifs (C(OH)–C–C–N with tert-alkyl or cyclic N) is 1. The molecule has 4 heteroatoms. The van der Waals surface area contributed by atoms with E-state index in [4.69, 9.17) is 10.00 Å². The molecule has 1 aliphatic rings. The van der Waals surface area contributed by atoms with E-state index >= 15 is 0 Å². The predicted molar refractivity (Wildman–Crippen MR) is 43.5 cm³/mol. The molecule has 0 saturated carbocycles. The van der Waals surface area contributed by atoms with Crippen LogP contribution in [0.3, 0.4) is 0 Å². The van der Waals surface area contributed by atoms with E-state index in [0.29, 0.717) is 13.0 Å². The normalized spacial score (nSPS) is 30.4. The van der Waals surface area contributed by atoms with Crippen molar-refractivity contribution in [3.8, 4) is 6.07 Å². The lowest BCUT2D eigenvalue weighted by Gasteiger charge is -2.11. The van der Waals surface area contributed by atoms with Crippen molar-refractivity contribution in [3.63, 3.8) is 0 Å². The molecule has 1 N–H and O–H groups in total. The van der Waals surface area contributed by atoms with Gasteiger partial charge in [0, 0.05) is 33.2 Å². The van der Waals surface area contributed by atoms with Gasteiger partial charge in [0.05, 0.1) is 18.3 Å². The van der Waals surface area contributed by atoms with Crippen molar-refractivity contribution in [2.24, 2.45) is 0 Å². The van der Waals surface area contributed by atoms with Crippen molar-refractivity contribution >= 4 is 0 Å². The fraction of sp³-hybridized carbons (Fsp3) is 0.875. The van der Waals surface area contributed by atoms with Gasteiger partial charge < -0.3 is 9.84 Å². The summed E-state index contributed by atoms with van der Waals surface area (Å²) in [7, 11) is 1.60. The van der Waals surface area contributed by atoms with Crippen LogP contribution in [0, 0.1) is 11.3 Å². The fourth-order valence-corrected chi connectivity index (χ4v) is 1.46. The molecule has 0 aromatic heterocycles. The minimum Gasteiger partial charge on any atom is -0.389 e. The molecule has 0 spiro atoms. The smallest absolute Gasteiger partial charge is 0.0969 e. The summed E-state index contributed by atoms with van der Waals surface area (Å²) in [6.45, 7) is 2.09. The van der Waals surface area contributed by atoms with E-state index in [1.807, 2.05) is 4.90 Å². The van der Waals surface area contributed by atoms with Gasteiger partial charge in [0.2, 0.25) is 0 Å². The van der Waals surface area contributed by atoms with E-state index in [1.165, 1.54) is 0 Å². The molecule has 1 rings (SSSR count). The number of nitrogens with zero attached hydrogens (tertiary/aromatic N) is 2. The summed E-state index contributed by atoms with van der Waals surface area (Å²) < 4.78 is 5.06. The molecule has 0 radical (unpaired) electrons. The van der Waals surface area contributed by atoms with Crippen molar-refractivity contribution in [3.05, 3.63) is 0 Å². The molecule has 1 saturated heterocycles. The Hall–Kier alpha value is -0.630. The monoisotopic (exact) mass is 170 g/mol. The molecule has 68 valence electrons. The average Bonchev–Trinajstić information content (AvgIpc) is 2.43. The number of ether oxygens (including phenoxy) is 1. The summed E-state index contributed by atoms with van der Waals surface area (Å²) in [6, 6.07) is 2.08. The number of nitriles is 1. The summed E-state index contributed by atoms with van der Waals surface area (Å²) in [5.74, 6) is 0. The van der Waals surface area contributed by atoms with Gasteiger partial charge in [-0.1, -0.05) is 0 Å². The molecule has 12 heavy (non-hydrogen) atoms. The van der Waals surface area contributed by atoms with Crippen molar-refractivity contribution in [2.45, 2.75) is 18.6 Å². The second-order valence-electron chi connectivity index (χ2n) is 3.01. The third-order valence-corrected chi connectivity index (χ3v) is 2.16. The van der Waals surface area contributed by atoms with Gasteiger partial charge >= 0.3 is 0 Å². The van der Waals surface area contributed by atoms with E-state index in [0.717, 1.165) is 13.1 Å². The van der Waals surface area contributed by atoms with Crippen LogP contribution in [0.1, 0.15) is 6.42 Å². The molecule has 1 heterocycles. The Labute approximate surface area is 72.3 Å². The highest BCUT2D eigenvalue weighted by atomic mass is 16.5. The highest BCUT2D eigenvalue weighted by molar-refractivity contribution is 4.85. The van der Waals surface area contributed by atoms with E-state index in [-0.39, 0.29) is 6.10 Å². The second kappa shape index (κ2) is 4.41. The first-order chi connectivity index (χ1) is 5.77. The Balaban J connectivity index is 2.29. The number of hydrogen-bond donors (Lipinski definition) is 1. The lowest BCUT2D eigenvalue weighted by atomic mass is 10.3. The van der Waals surface area contributed by atoms with Gasteiger partial charge in [-0.05, 0) is 0 Å². The Bertz CT molecular complexity index is 178. The minimum atomic E-state index is -0.395. The van der Waals surface area contributed by atoms with Gasteiger partial charge in [-0.3, -0.25) is 4.90 Å². The molecule has 0 aromatic carbocycles. The Morgan fingerprint density at radius 1 is 1.67 bits per heavy atom. The average molecular weight is 170 g/mol. The molecule has 0 aliphatic carbocycles. The predicted octanol–water partition coefficient (Wildman–Crippen LogP) is -0.408. The van der Waals surface area contributed by atoms with Crippen molar-refractivity contribution in [2.75, 3.05) is 26.7 Å². The van der Waals surface area contributed by atoms with Gasteiger partial charge in [-0.2, -0.15) is 5.26 Å². The highest BCUT2D eigenvalue weighted by Gasteiger charge is 2.30. The molecule has 1 aliphatic heterocycles. The van der Waals surface area contributed by atoms with Crippen LogP contribution in [0.5, 0.6) is 0 Å². The summed E-state index contributed by atoms with van der Waals surface area (Å²) in [4.78, 5) is 2.04. The van der Waals surface area contributed by atoms with Gasteiger partial charge in [-0.25, -0.2) is 0 Å². The van der Waals surface area contributed by atoms with Gasteiger partial charge in [0.15, 0.2) is 0 Å². The zero-order valence-corrected chi connectivity index (χ0v) is 7.23. The lowest BCUT2D eigenvalue weighted by Crippen LogP contribution is -2.25. The number of aliphatic hydroxyl groups excluding tert-OH is 1. The van der Waals surface area contributed by atoms with Crippen LogP contribution in [0.15, 0.2) is 0 Å². The molecule has 1 fully saturated rings. The topological polar surface area (TPSA) is 56.5 Å². The standard InChI is InChI=1S/C8H14N2O2/c1-12-8-6-10(4-2-3-9)5-7(8)11/h7-8,11H,2,4-6H2,1H3/t7-,8-/m1/s1. The molecule has 0 bridgehead atoms. The molecular formula is C8H14N2O2. The van der Waals surface area contributed by atoms with Gasteiger partial charge in [-0.15, -0.1) is 0 Å². The quantitative estimate of drug-likeness (QED) is 0.625. The molecule has 0 aromatic rings. The van der Waals surface area contributed by atoms with Crippen molar-refractivity contribution in [1.29, 1.82) is 5.26 Å². The van der Waals surface area contributed by atoms with Crippen molar-refractivity contribution < 1.29 is 9.84 Å². The van der Waals surface area contributed by atoms with Crippen LogP contribution >= 0.6 is 0 Å². The zero-order chi connectivity index (χ0) is 8.97. The molecule has 4 nitrogen and oxygen atoms in total. The number of aliphatic hydroxyl groups is 1. The minimum absolute atomic E-state index is 0.0799. The summed E-state index contributed by atoms with van der Waals surface area (Å²) in [5, 5.41) is 17.8. The maximum Gasteiger partial charge on any atom is 0.0969 e. The van der Waals surface area contributed by atoms with E-state index < -0.39 is 6.10 Å². The van der Waals surface area contributed by atoms with Crippen molar-refractivity contribution in [1.82, 2.24) is 4.90 Å². The van der Waals surface area contributed by atoms with Crippen LogP contribution < -0.4 is 0 Å². The maximum absolute atomic E-state index is 9.41. The van der Waals surface area contributed by atoms with E-state index in [2.05, 4.69) is 6.07 Å². The van der Waals surface area contributed by atoms with Gasteiger partial charge in [0.25, 0.3) is 0 Å². The largest absolute Gasteiger partial charge is 0.389 e.